The maximum atomic E-state index is 6.42. The molecule has 54 heavy (non-hydrogen) atoms. The molecule has 0 fully saturated rings. The standard InChI is InChI=1S/C52H35NO/c1-3-12-36(13-4-1)38-24-28-43(29-25-38)53(44-30-26-40(27-31-44)47-19-11-20-49-48-18-9-10-21-51(48)54-52(47)49)45-32-33-46(50(35-45)39-15-5-2-6-16-39)42-23-22-37-14-7-8-17-41(37)34-42/h1-35H. The van der Waals surface area contributed by atoms with Crippen LogP contribution < -0.4 is 4.90 Å². The number of benzene rings is 9. The summed E-state index contributed by atoms with van der Waals surface area (Å²) >= 11 is 0. The Hall–Kier alpha value is -7.16. The molecule has 0 aliphatic rings. The van der Waals surface area contributed by atoms with E-state index in [2.05, 4.69) is 205 Å². The first-order chi connectivity index (χ1) is 26.8. The van der Waals surface area contributed by atoms with Crippen molar-refractivity contribution in [2.75, 3.05) is 4.90 Å². The lowest BCUT2D eigenvalue weighted by Gasteiger charge is -2.27. The van der Waals surface area contributed by atoms with E-state index in [0.29, 0.717) is 0 Å². The van der Waals surface area contributed by atoms with Crippen LogP contribution in [-0.2, 0) is 0 Å². The largest absolute Gasteiger partial charge is 0.455 e. The summed E-state index contributed by atoms with van der Waals surface area (Å²) in [5.41, 5.74) is 14.4. The number of hydrogen-bond donors (Lipinski definition) is 0. The van der Waals surface area contributed by atoms with E-state index >= 15 is 0 Å². The van der Waals surface area contributed by atoms with Gasteiger partial charge < -0.3 is 9.32 Å². The third-order valence-corrected chi connectivity index (χ3v) is 10.5. The molecule has 10 rings (SSSR count). The summed E-state index contributed by atoms with van der Waals surface area (Å²) < 4.78 is 6.42. The van der Waals surface area contributed by atoms with Gasteiger partial charge in [-0.05, 0) is 98.2 Å². The van der Waals surface area contributed by atoms with E-state index in [0.717, 1.165) is 50.1 Å². The predicted octanol–water partition coefficient (Wildman–Crippen LogP) is 14.9. The summed E-state index contributed by atoms with van der Waals surface area (Å²) in [6.45, 7) is 0. The van der Waals surface area contributed by atoms with E-state index in [4.69, 9.17) is 4.42 Å². The average Bonchev–Trinajstić information content (AvgIpc) is 3.64. The Bertz CT molecular complexity index is 2910. The Morgan fingerprint density at radius 2 is 0.852 bits per heavy atom. The smallest absolute Gasteiger partial charge is 0.143 e. The fraction of sp³-hybridized carbons (Fsp3) is 0. The number of anilines is 3. The van der Waals surface area contributed by atoms with Gasteiger partial charge in [-0.1, -0.05) is 164 Å². The molecule has 0 saturated carbocycles. The number of nitrogens with zero attached hydrogens (tertiary/aromatic N) is 1. The third-order valence-electron chi connectivity index (χ3n) is 10.5. The van der Waals surface area contributed by atoms with Gasteiger partial charge in [0.05, 0.1) is 0 Å². The van der Waals surface area contributed by atoms with Crippen LogP contribution in [0.15, 0.2) is 217 Å². The zero-order valence-electron chi connectivity index (χ0n) is 29.6. The first-order valence-electron chi connectivity index (χ1n) is 18.4. The quantitative estimate of drug-likeness (QED) is 0.166. The van der Waals surface area contributed by atoms with Crippen LogP contribution in [0.4, 0.5) is 17.1 Å². The minimum absolute atomic E-state index is 0.906. The Balaban J connectivity index is 1.11. The van der Waals surface area contributed by atoms with Crippen LogP contribution in [0.3, 0.4) is 0 Å². The van der Waals surface area contributed by atoms with Crippen molar-refractivity contribution >= 4 is 49.8 Å². The van der Waals surface area contributed by atoms with Gasteiger partial charge in [0.2, 0.25) is 0 Å². The second-order valence-corrected chi connectivity index (χ2v) is 13.7. The molecule has 0 amide bonds. The summed E-state index contributed by atoms with van der Waals surface area (Å²) in [6, 6.07) is 75.9. The first-order valence-corrected chi connectivity index (χ1v) is 18.4. The van der Waals surface area contributed by atoms with Crippen LogP contribution in [-0.4, -0.2) is 0 Å². The summed E-state index contributed by atoms with van der Waals surface area (Å²) in [7, 11) is 0. The molecule has 0 saturated heterocycles. The van der Waals surface area contributed by atoms with E-state index in [-0.39, 0.29) is 0 Å². The van der Waals surface area contributed by atoms with E-state index in [1.54, 1.807) is 0 Å². The Labute approximate surface area is 314 Å². The van der Waals surface area contributed by atoms with Crippen LogP contribution in [0.1, 0.15) is 0 Å². The zero-order valence-corrected chi connectivity index (χ0v) is 29.6. The molecule has 1 heterocycles. The van der Waals surface area contributed by atoms with Crippen LogP contribution in [0.2, 0.25) is 0 Å². The maximum absolute atomic E-state index is 6.42. The molecule has 10 aromatic rings. The Morgan fingerprint density at radius 3 is 1.61 bits per heavy atom. The second-order valence-electron chi connectivity index (χ2n) is 13.7. The Kier molecular flexibility index (Phi) is 7.85. The monoisotopic (exact) mass is 689 g/mol. The van der Waals surface area contributed by atoms with Gasteiger partial charge in [-0.3, -0.25) is 0 Å². The molecule has 0 aliphatic heterocycles. The molecular weight excluding hydrogens is 655 g/mol. The summed E-state index contributed by atoms with van der Waals surface area (Å²) in [5.74, 6) is 0. The van der Waals surface area contributed by atoms with Crippen LogP contribution in [0.25, 0.3) is 77.2 Å². The van der Waals surface area contributed by atoms with E-state index < -0.39 is 0 Å². The van der Waals surface area contributed by atoms with Crippen molar-refractivity contribution in [1.82, 2.24) is 0 Å². The molecule has 0 aliphatic carbocycles. The van der Waals surface area contributed by atoms with Gasteiger partial charge in [0.25, 0.3) is 0 Å². The maximum Gasteiger partial charge on any atom is 0.143 e. The molecule has 1 aromatic heterocycles. The van der Waals surface area contributed by atoms with Crippen molar-refractivity contribution in [3.8, 4) is 44.5 Å². The number of rotatable bonds is 7. The molecule has 254 valence electrons. The number of fused-ring (bicyclic) bond motifs is 4. The van der Waals surface area contributed by atoms with Crippen LogP contribution in [0, 0.1) is 0 Å². The lowest BCUT2D eigenvalue weighted by Crippen LogP contribution is -2.10. The third kappa shape index (κ3) is 5.71. The minimum atomic E-state index is 0.906. The molecule has 0 atom stereocenters. The highest BCUT2D eigenvalue weighted by atomic mass is 16.3. The molecule has 2 nitrogen and oxygen atoms in total. The van der Waals surface area contributed by atoms with Gasteiger partial charge in [0.1, 0.15) is 11.2 Å². The normalized spacial score (nSPS) is 11.3. The van der Waals surface area contributed by atoms with Gasteiger partial charge in [-0.25, -0.2) is 0 Å². The molecule has 0 N–H and O–H groups in total. The fourth-order valence-electron chi connectivity index (χ4n) is 7.78. The molecular formula is C52H35NO. The molecule has 9 aromatic carbocycles. The number of hydrogen-bond acceptors (Lipinski definition) is 2. The average molecular weight is 690 g/mol. The highest BCUT2D eigenvalue weighted by molar-refractivity contribution is 6.09. The van der Waals surface area contributed by atoms with Crippen LogP contribution in [0.5, 0.6) is 0 Å². The van der Waals surface area contributed by atoms with Crippen molar-refractivity contribution in [3.05, 3.63) is 212 Å². The Morgan fingerprint density at radius 1 is 0.296 bits per heavy atom. The summed E-state index contributed by atoms with van der Waals surface area (Å²) in [5, 5.41) is 4.74. The lowest BCUT2D eigenvalue weighted by molar-refractivity contribution is 0.670. The van der Waals surface area contributed by atoms with E-state index in [1.165, 1.54) is 44.2 Å². The van der Waals surface area contributed by atoms with Gasteiger partial charge in [0.15, 0.2) is 0 Å². The van der Waals surface area contributed by atoms with Crippen molar-refractivity contribution < 1.29 is 4.42 Å². The second kappa shape index (κ2) is 13.4. The number of furan rings is 1. The fourth-order valence-corrected chi connectivity index (χ4v) is 7.78. The molecule has 0 bridgehead atoms. The van der Waals surface area contributed by atoms with Gasteiger partial charge in [0, 0.05) is 33.4 Å². The van der Waals surface area contributed by atoms with Crippen molar-refractivity contribution in [2.24, 2.45) is 0 Å². The number of para-hydroxylation sites is 2. The lowest BCUT2D eigenvalue weighted by atomic mass is 9.92. The summed E-state index contributed by atoms with van der Waals surface area (Å²) in [6.07, 6.45) is 0. The molecule has 0 unspecified atom stereocenters. The topological polar surface area (TPSA) is 16.4 Å². The molecule has 0 spiro atoms. The SMILES string of the molecule is c1ccc(-c2ccc(N(c3ccc(-c4cccc5c4oc4ccccc45)cc3)c3ccc(-c4ccc5ccccc5c4)c(-c4ccccc4)c3)cc2)cc1. The van der Waals surface area contributed by atoms with E-state index in [9.17, 15) is 0 Å². The first kappa shape index (κ1) is 31.6. The van der Waals surface area contributed by atoms with Crippen LogP contribution >= 0.6 is 0 Å². The van der Waals surface area contributed by atoms with Gasteiger partial charge >= 0.3 is 0 Å². The minimum Gasteiger partial charge on any atom is -0.455 e. The highest BCUT2D eigenvalue weighted by Crippen LogP contribution is 2.43. The van der Waals surface area contributed by atoms with Crippen molar-refractivity contribution in [3.63, 3.8) is 0 Å². The van der Waals surface area contributed by atoms with Crippen molar-refractivity contribution in [2.45, 2.75) is 0 Å². The van der Waals surface area contributed by atoms with Crippen molar-refractivity contribution in [1.29, 1.82) is 0 Å². The van der Waals surface area contributed by atoms with E-state index in [1.807, 2.05) is 12.1 Å². The highest BCUT2D eigenvalue weighted by Gasteiger charge is 2.18. The predicted molar refractivity (Wildman–Crippen MR) is 228 cm³/mol. The molecule has 2 heteroatoms. The van der Waals surface area contributed by atoms with Gasteiger partial charge in [-0.15, -0.1) is 0 Å². The van der Waals surface area contributed by atoms with Gasteiger partial charge in [-0.2, -0.15) is 0 Å². The molecule has 0 radical (unpaired) electrons. The summed E-state index contributed by atoms with van der Waals surface area (Å²) in [4.78, 5) is 2.36. The zero-order chi connectivity index (χ0) is 35.8.